The van der Waals surface area contributed by atoms with E-state index in [1.165, 1.54) is 87.8 Å². The molecule has 0 aliphatic heterocycles. The summed E-state index contributed by atoms with van der Waals surface area (Å²) < 4.78 is 0. The molecule has 3 rings (SSSR count). The minimum absolute atomic E-state index is 0.673. The Bertz CT molecular complexity index is 564. The SMILES string of the molecule is CCCCCC1CCC(C2CCC(c3ccccc3[Si](C)(Cl)Cl)CC2)CC1. The molecule has 0 amide bonds. The van der Waals surface area contributed by atoms with Gasteiger partial charge in [-0.3, -0.25) is 0 Å². The highest BCUT2D eigenvalue weighted by molar-refractivity contribution is 7.50. The summed E-state index contributed by atoms with van der Waals surface area (Å²) in [4.78, 5) is 0. The first-order valence-corrected chi connectivity index (χ1v) is 16.0. The van der Waals surface area contributed by atoms with Gasteiger partial charge in [0.2, 0.25) is 0 Å². The third-order valence-corrected chi connectivity index (χ3v) is 10.0. The summed E-state index contributed by atoms with van der Waals surface area (Å²) in [5, 5.41) is 1.25. The van der Waals surface area contributed by atoms with Gasteiger partial charge in [0.25, 0.3) is 6.69 Å². The van der Waals surface area contributed by atoms with E-state index in [0.717, 1.165) is 17.8 Å². The summed E-state index contributed by atoms with van der Waals surface area (Å²) in [6.07, 6.45) is 17.2. The molecule has 0 spiro atoms. The molecule has 0 saturated heterocycles. The summed E-state index contributed by atoms with van der Waals surface area (Å²) in [7, 11) is 0. The van der Waals surface area contributed by atoms with Crippen molar-refractivity contribution in [2.45, 2.75) is 96.4 Å². The first-order chi connectivity index (χ1) is 13.0. The number of hydrogen-bond acceptors (Lipinski definition) is 0. The second-order valence-electron chi connectivity index (χ2n) is 9.36. The van der Waals surface area contributed by atoms with Gasteiger partial charge >= 0.3 is 0 Å². The minimum atomic E-state index is -2.29. The minimum Gasteiger partial charge on any atom is -0.140 e. The van der Waals surface area contributed by atoms with E-state index in [2.05, 4.69) is 31.2 Å². The molecule has 0 bridgehead atoms. The highest BCUT2D eigenvalue weighted by Gasteiger charge is 2.34. The van der Waals surface area contributed by atoms with E-state index in [-0.39, 0.29) is 0 Å². The second-order valence-corrected chi connectivity index (χ2v) is 16.8. The van der Waals surface area contributed by atoms with E-state index < -0.39 is 6.69 Å². The Balaban J connectivity index is 1.49. The smallest absolute Gasteiger partial charge is 0.140 e. The molecular weight excluding hydrogens is 387 g/mol. The van der Waals surface area contributed by atoms with Gasteiger partial charge < -0.3 is 0 Å². The predicted octanol–water partition coefficient (Wildman–Crippen LogP) is 8.10. The van der Waals surface area contributed by atoms with Crippen molar-refractivity contribution in [1.82, 2.24) is 0 Å². The standard InChI is InChI=1S/C24H38Cl2Si/c1-3-4-5-8-19-11-13-20(14-12-19)21-15-17-22(18-16-21)23-9-6-7-10-24(23)27(2,25)26/h6-7,9-10,19-22H,3-5,8,11-18H2,1-2H3. The zero-order valence-electron chi connectivity index (χ0n) is 17.4. The molecule has 2 fully saturated rings. The van der Waals surface area contributed by atoms with Crippen molar-refractivity contribution < 1.29 is 0 Å². The molecule has 0 unspecified atom stereocenters. The van der Waals surface area contributed by atoms with Crippen LogP contribution in [-0.4, -0.2) is 6.69 Å². The molecule has 0 aromatic heterocycles. The first kappa shape index (κ1) is 21.7. The van der Waals surface area contributed by atoms with Crippen LogP contribution in [0.2, 0.25) is 6.55 Å². The molecule has 27 heavy (non-hydrogen) atoms. The Morgan fingerprint density at radius 3 is 2.04 bits per heavy atom. The van der Waals surface area contributed by atoms with Crippen molar-refractivity contribution in [3.05, 3.63) is 29.8 Å². The molecular formula is C24H38Cl2Si. The van der Waals surface area contributed by atoms with E-state index in [9.17, 15) is 0 Å². The van der Waals surface area contributed by atoms with Crippen LogP contribution in [-0.2, 0) is 0 Å². The van der Waals surface area contributed by atoms with Crippen molar-refractivity contribution in [3.63, 3.8) is 0 Å². The zero-order valence-corrected chi connectivity index (χ0v) is 19.9. The highest BCUT2D eigenvalue weighted by Crippen LogP contribution is 2.44. The van der Waals surface area contributed by atoms with Crippen molar-refractivity contribution >= 4 is 34.0 Å². The van der Waals surface area contributed by atoms with Crippen molar-refractivity contribution in [2.75, 3.05) is 0 Å². The van der Waals surface area contributed by atoms with Gasteiger partial charge in [-0.05, 0) is 79.5 Å². The van der Waals surface area contributed by atoms with E-state index in [0.29, 0.717) is 5.92 Å². The molecule has 0 heterocycles. The van der Waals surface area contributed by atoms with Gasteiger partial charge in [0.05, 0.1) is 0 Å². The van der Waals surface area contributed by atoms with Crippen molar-refractivity contribution in [3.8, 4) is 0 Å². The van der Waals surface area contributed by atoms with Gasteiger partial charge in [-0.15, -0.1) is 22.2 Å². The van der Waals surface area contributed by atoms with Crippen LogP contribution in [0.15, 0.2) is 24.3 Å². The lowest BCUT2D eigenvalue weighted by atomic mass is 9.68. The van der Waals surface area contributed by atoms with E-state index in [1.807, 2.05) is 6.55 Å². The number of halogens is 2. The maximum absolute atomic E-state index is 6.60. The van der Waals surface area contributed by atoms with Crippen LogP contribution in [0.4, 0.5) is 0 Å². The Labute approximate surface area is 177 Å². The topological polar surface area (TPSA) is 0 Å². The summed E-state index contributed by atoms with van der Waals surface area (Å²) in [6, 6.07) is 8.73. The maximum atomic E-state index is 6.60. The Morgan fingerprint density at radius 2 is 1.44 bits per heavy atom. The fourth-order valence-electron chi connectivity index (χ4n) is 5.79. The third kappa shape index (κ3) is 6.00. The molecule has 1 aromatic carbocycles. The summed E-state index contributed by atoms with van der Waals surface area (Å²) in [6.45, 7) is 2.07. The fraction of sp³-hybridized carbons (Fsp3) is 0.750. The fourth-order valence-corrected chi connectivity index (χ4v) is 8.00. The Morgan fingerprint density at radius 1 is 0.852 bits per heavy atom. The number of hydrogen-bond donors (Lipinski definition) is 0. The maximum Gasteiger partial charge on any atom is 0.278 e. The molecule has 2 aliphatic rings. The van der Waals surface area contributed by atoms with Crippen molar-refractivity contribution in [2.24, 2.45) is 17.8 Å². The van der Waals surface area contributed by atoms with E-state index in [4.69, 9.17) is 22.2 Å². The van der Waals surface area contributed by atoms with Crippen LogP contribution in [0, 0.1) is 17.8 Å². The van der Waals surface area contributed by atoms with Crippen LogP contribution in [0.1, 0.15) is 95.5 Å². The molecule has 1 aromatic rings. The van der Waals surface area contributed by atoms with Crippen LogP contribution in [0.25, 0.3) is 0 Å². The monoisotopic (exact) mass is 424 g/mol. The Kier molecular flexibility index (Phi) is 8.18. The summed E-state index contributed by atoms with van der Waals surface area (Å²) >= 11 is 13.2. The van der Waals surface area contributed by atoms with Gasteiger partial charge in [-0.1, -0.05) is 69.7 Å². The summed E-state index contributed by atoms with van der Waals surface area (Å²) in [5.41, 5.74) is 1.45. The van der Waals surface area contributed by atoms with Crippen LogP contribution in [0.5, 0.6) is 0 Å². The van der Waals surface area contributed by atoms with Crippen LogP contribution in [0.3, 0.4) is 0 Å². The lowest BCUT2D eigenvalue weighted by Crippen LogP contribution is -2.37. The normalized spacial score (nSPS) is 29.6. The van der Waals surface area contributed by atoms with Gasteiger partial charge in [-0.25, -0.2) is 0 Å². The van der Waals surface area contributed by atoms with Gasteiger partial charge in [0.15, 0.2) is 0 Å². The number of unbranched alkanes of at least 4 members (excludes halogenated alkanes) is 2. The lowest BCUT2D eigenvalue weighted by Gasteiger charge is -2.38. The third-order valence-electron chi connectivity index (χ3n) is 7.42. The van der Waals surface area contributed by atoms with Gasteiger partial charge in [0, 0.05) is 0 Å². The molecule has 0 radical (unpaired) electrons. The van der Waals surface area contributed by atoms with Gasteiger partial charge in [-0.2, -0.15) is 0 Å². The van der Waals surface area contributed by atoms with Crippen LogP contribution >= 0.6 is 22.2 Å². The van der Waals surface area contributed by atoms with Crippen LogP contribution < -0.4 is 5.19 Å². The highest BCUT2D eigenvalue weighted by atomic mass is 35.7. The molecule has 152 valence electrons. The second kappa shape index (κ2) is 10.2. The zero-order chi connectivity index (χ0) is 19.3. The first-order valence-electron chi connectivity index (χ1n) is 11.5. The average Bonchev–Trinajstić information content (AvgIpc) is 2.68. The molecule has 0 nitrogen and oxygen atoms in total. The molecule has 0 N–H and O–H groups in total. The van der Waals surface area contributed by atoms with Gasteiger partial charge in [0.1, 0.15) is 0 Å². The summed E-state index contributed by atoms with van der Waals surface area (Å²) in [5.74, 6) is 3.68. The lowest BCUT2D eigenvalue weighted by molar-refractivity contribution is 0.156. The number of benzene rings is 1. The van der Waals surface area contributed by atoms with E-state index >= 15 is 0 Å². The average molecular weight is 426 g/mol. The van der Waals surface area contributed by atoms with Crippen molar-refractivity contribution in [1.29, 1.82) is 0 Å². The molecule has 3 heteroatoms. The Hall–Kier alpha value is 0.0169. The molecule has 2 aliphatic carbocycles. The van der Waals surface area contributed by atoms with E-state index in [1.54, 1.807) is 0 Å². The quantitative estimate of drug-likeness (QED) is 0.235. The largest absolute Gasteiger partial charge is 0.278 e. The predicted molar refractivity (Wildman–Crippen MR) is 124 cm³/mol. The molecule has 0 atom stereocenters. The molecule has 2 saturated carbocycles. The number of rotatable bonds is 7.